The molecule has 5 nitrogen and oxygen atoms in total. The third-order valence-corrected chi connectivity index (χ3v) is 4.80. The fourth-order valence-corrected chi connectivity index (χ4v) is 3.34. The van der Waals surface area contributed by atoms with Crippen molar-refractivity contribution in [3.8, 4) is 0 Å². The zero-order chi connectivity index (χ0) is 17.2. The zero-order valence-electron chi connectivity index (χ0n) is 14.3. The molecular formula is C20H22N4O. The van der Waals surface area contributed by atoms with Crippen molar-refractivity contribution in [1.29, 1.82) is 0 Å². The lowest BCUT2D eigenvalue weighted by Crippen LogP contribution is -2.33. The van der Waals surface area contributed by atoms with E-state index in [-0.39, 0.29) is 0 Å². The largest absolute Gasteiger partial charge is 0.382 e. The molecule has 5 heteroatoms. The van der Waals surface area contributed by atoms with Crippen molar-refractivity contribution in [3.63, 3.8) is 0 Å². The van der Waals surface area contributed by atoms with Crippen molar-refractivity contribution in [2.24, 2.45) is 0 Å². The third-order valence-electron chi connectivity index (χ3n) is 4.80. The Bertz CT molecular complexity index is 859. The average Bonchev–Trinajstić information content (AvgIpc) is 3.07. The Labute approximate surface area is 147 Å². The first-order valence-corrected chi connectivity index (χ1v) is 8.63. The molecule has 1 N–H and O–H groups in total. The summed E-state index contributed by atoms with van der Waals surface area (Å²) in [5, 5.41) is 15.2. The molecule has 128 valence electrons. The first kappa shape index (κ1) is 16.0. The second kappa shape index (κ2) is 6.78. The van der Waals surface area contributed by atoms with Crippen molar-refractivity contribution >= 4 is 0 Å². The summed E-state index contributed by atoms with van der Waals surface area (Å²) in [7, 11) is 0. The molecule has 1 unspecified atom stereocenters. The number of pyridine rings is 1. The van der Waals surface area contributed by atoms with E-state index < -0.39 is 6.10 Å². The maximum absolute atomic E-state index is 10.6. The van der Waals surface area contributed by atoms with E-state index in [1.54, 1.807) is 0 Å². The smallest absolute Gasteiger partial charge is 0.123 e. The number of rotatable bonds is 4. The van der Waals surface area contributed by atoms with Gasteiger partial charge in [-0.25, -0.2) is 0 Å². The summed E-state index contributed by atoms with van der Waals surface area (Å²) in [6.45, 7) is 5.57. The molecule has 1 aliphatic rings. The first-order chi connectivity index (χ1) is 12.2. The van der Waals surface area contributed by atoms with Crippen LogP contribution in [0, 0.1) is 6.92 Å². The molecule has 3 aromatic rings. The lowest BCUT2D eigenvalue weighted by Gasteiger charge is -2.27. The van der Waals surface area contributed by atoms with E-state index in [0.29, 0.717) is 0 Å². The summed E-state index contributed by atoms with van der Waals surface area (Å²) in [6.07, 6.45) is 1.16. The summed E-state index contributed by atoms with van der Waals surface area (Å²) in [5.74, 6) is 0. The Morgan fingerprint density at radius 3 is 2.76 bits per heavy atom. The van der Waals surface area contributed by atoms with Crippen LogP contribution < -0.4 is 0 Å². The van der Waals surface area contributed by atoms with Crippen LogP contribution in [0.25, 0.3) is 0 Å². The summed E-state index contributed by atoms with van der Waals surface area (Å²) >= 11 is 0. The van der Waals surface area contributed by atoms with Crippen molar-refractivity contribution < 1.29 is 5.11 Å². The van der Waals surface area contributed by atoms with Crippen LogP contribution in [0.4, 0.5) is 0 Å². The molecule has 4 rings (SSSR count). The minimum absolute atomic E-state index is 0.673. The Kier molecular flexibility index (Phi) is 4.34. The number of aliphatic hydroxyl groups is 1. The predicted octanol–water partition coefficient (Wildman–Crippen LogP) is 2.68. The molecule has 0 saturated carbocycles. The van der Waals surface area contributed by atoms with E-state index in [1.165, 1.54) is 5.56 Å². The van der Waals surface area contributed by atoms with Gasteiger partial charge in [-0.2, -0.15) is 5.10 Å². The number of aryl methyl sites for hydroxylation is 1. The van der Waals surface area contributed by atoms with Crippen LogP contribution in [0.3, 0.4) is 0 Å². The minimum atomic E-state index is -0.673. The van der Waals surface area contributed by atoms with Gasteiger partial charge in [0.1, 0.15) is 6.10 Å². The molecule has 25 heavy (non-hydrogen) atoms. The molecule has 0 amide bonds. The fourth-order valence-electron chi connectivity index (χ4n) is 3.34. The van der Waals surface area contributed by atoms with E-state index in [9.17, 15) is 5.11 Å². The molecule has 0 aliphatic carbocycles. The molecule has 1 aliphatic heterocycles. The highest BCUT2D eigenvalue weighted by Gasteiger charge is 2.22. The SMILES string of the molecule is Cc1ncccc1CN1CCn2nc(C(O)c3ccccc3)cc2C1. The molecular weight excluding hydrogens is 312 g/mol. The van der Waals surface area contributed by atoms with Gasteiger partial charge in [0.05, 0.1) is 17.9 Å². The molecule has 0 bridgehead atoms. The average molecular weight is 334 g/mol. The fraction of sp³-hybridized carbons (Fsp3) is 0.300. The molecule has 2 aromatic heterocycles. The van der Waals surface area contributed by atoms with Gasteiger partial charge in [-0.3, -0.25) is 14.6 Å². The molecule has 3 heterocycles. The highest BCUT2D eigenvalue weighted by molar-refractivity contribution is 5.27. The minimum Gasteiger partial charge on any atom is -0.382 e. The second-order valence-corrected chi connectivity index (χ2v) is 6.56. The quantitative estimate of drug-likeness (QED) is 0.797. The maximum Gasteiger partial charge on any atom is 0.123 e. The van der Waals surface area contributed by atoms with Gasteiger partial charge in [-0.05, 0) is 30.2 Å². The lowest BCUT2D eigenvalue weighted by molar-refractivity contribution is 0.200. The predicted molar refractivity (Wildman–Crippen MR) is 95.8 cm³/mol. The van der Waals surface area contributed by atoms with Crippen LogP contribution in [-0.2, 0) is 19.6 Å². The normalized spacial score (nSPS) is 15.8. The van der Waals surface area contributed by atoms with Gasteiger partial charge in [0.25, 0.3) is 0 Å². The Hall–Kier alpha value is -2.50. The van der Waals surface area contributed by atoms with Crippen LogP contribution in [0.1, 0.15) is 34.3 Å². The Balaban J connectivity index is 1.50. The van der Waals surface area contributed by atoms with E-state index in [1.807, 2.05) is 53.3 Å². The van der Waals surface area contributed by atoms with Crippen LogP contribution in [-0.4, -0.2) is 31.3 Å². The van der Waals surface area contributed by atoms with E-state index in [2.05, 4.69) is 28.0 Å². The van der Waals surface area contributed by atoms with Crippen molar-refractivity contribution in [1.82, 2.24) is 19.7 Å². The number of hydrogen-bond donors (Lipinski definition) is 1. The Morgan fingerprint density at radius 2 is 1.96 bits per heavy atom. The molecule has 0 spiro atoms. The van der Waals surface area contributed by atoms with Crippen molar-refractivity contribution in [3.05, 3.63) is 82.9 Å². The molecule has 0 fully saturated rings. The number of aromatic nitrogens is 3. The highest BCUT2D eigenvalue weighted by atomic mass is 16.3. The number of fused-ring (bicyclic) bond motifs is 1. The maximum atomic E-state index is 10.6. The molecule has 0 saturated heterocycles. The lowest BCUT2D eigenvalue weighted by atomic mass is 10.1. The van der Waals surface area contributed by atoms with Gasteiger partial charge >= 0.3 is 0 Å². The summed E-state index contributed by atoms with van der Waals surface area (Å²) in [4.78, 5) is 6.78. The number of benzene rings is 1. The van der Waals surface area contributed by atoms with Gasteiger partial charge in [-0.15, -0.1) is 0 Å². The summed E-state index contributed by atoms with van der Waals surface area (Å²) < 4.78 is 2.02. The first-order valence-electron chi connectivity index (χ1n) is 8.63. The van der Waals surface area contributed by atoms with Crippen LogP contribution in [0.15, 0.2) is 54.7 Å². The van der Waals surface area contributed by atoms with E-state index >= 15 is 0 Å². The third kappa shape index (κ3) is 3.34. The highest BCUT2D eigenvalue weighted by Crippen LogP contribution is 2.24. The topological polar surface area (TPSA) is 54.2 Å². The monoisotopic (exact) mass is 334 g/mol. The van der Waals surface area contributed by atoms with E-state index in [4.69, 9.17) is 0 Å². The number of nitrogens with zero attached hydrogens (tertiary/aromatic N) is 4. The number of aliphatic hydroxyl groups excluding tert-OH is 1. The van der Waals surface area contributed by atoms with Crippen LogP contribution >= 0.6 is 0 Å². The van der Waals surface area contributed by atoms with Gasteiger partial charge < -0.3 is 5.11 Å². The van der Waals surface area contributed by atoms with Gasteiger partial charge in [0.2, 0.25) is 0 Å². The second-order valence-electron chi connectivity index (χ2n) is 6.56. The van der Waals surface area contributed by atoms with Crippen molar-refractivity contribution in [2.45, 2.75) is 32.7 Å². The number of hydrogen-bond acceptors (Lipinski definition) is 4. The van der Waals surface area contributed by atoms with Crippen LogP contribution in [0.2, 0.25) is 0 Å². The van der Waals surface area contributed by atoms with Gasteiger partial charge in [0, 0.05) is 31.5 Å². The summed E-state index contributed by atoms with van der Waals surface area (Å²) in [6, 6.07) is 15.8. The summed E-state index contributed by atoms with van der Waals surface area (Å²) in [5.41, 5.74) is 5.10. The standard InChI is InChI=1S/C20H22N4O/c1-15-17(8-5-9-21-15)13-23-10-11-24-18(14-23)12-19(22-24)20(25)16-6-3-2-4-7-16/h2-9,12,20,25H,10-11,13-14H2,1H3. The Morgan fingerprint density at radius 1 is 1.12 bits per heavy atom. The molecule has 0 radical (unpaired) electrons. The van der Waals surface area contributed by atoms with Gasteiger partial charge in [-0.1, -0.05) is 36.4 Å². The molecule has 1 atom stereocenters. The van der Waals surface area contributed by atoms with Crippen LogP contribution in [0.5, 0.6) is 0 Å². The zero-order valence-corrected chi connectivity index (χ0v) is 14.3. The van der Waals surface area contributed by atoms with Crippen molar-refractivity contribution in [2.75, 3.05) is 6.54 Å². The van der Waals surface area contributed by atoms with E-state index in [0.717, 1.165) is 48.8 Å². The van der Waals surface area contributed by atoms with Gasteiger partial charge in [0.15, 0.2) is 0 Å². The molecule has 1 aromatic carbocycles.